The molecule has 0 spiro atoms. The zero-order valence-corrected chi connectivity index (χ0v) is 10.0. The molecule has 1 unspecified atom stereocenters. The molecule has 1 atom stereocenters. The first-order valence-corrected chi connectivity index (χ1v) is 6.20. The van der Waals surface area contributed by atoms with Gasteiger partial charge in [-0.05, 0) is 24.1 Å². The van der Waals surface area contributed by atoms with Crippen LogP contribution in [-0.4, -0.2) is 29.5 Å². The quantitative estimate of drug-likeness (QED) is 0.739. The highest BCUT2D eigenvalue weighted by atomic mass is 32.2. The van der Waals surface area contributed by atoms with Crippen LogP contribution >= 0.6 is 11.8 Å². The highest BCUT2D eigenvalue weighted by Gasteiger charge is 2.44. The third kappa shape index (κ3) is 2.42. The molecule has 1 saturated heterocycles. The van der Waals surface area contributed by atoms with E-state index in [9.17, 15) is 4.79 Å². The fraction of sp³-hybridized carbons (Fsp3) is 0.900. The number of nitrogens with one attached hydrogen (secondary N) is 1. The fourth-order valence-corrected chi connectivity index (χ4v) is 3.57. The lowest BCUT2D eigenvalue weighted by Crippen LogP contribution is -2.61. The lowest BCUT2D eigenvalue weighted by atomic mass is 9.79. The van der Waals surface area contributed by atoms with Crippen LogP contribution in [0.25, 0.3) is 0 Å². The normalized spacial score (nSPS) is 31.4. The van der Waals surface area contributed by atoms with Gasteiger partial charge in [-0.25, -0.2) is 0 Å². The summed E-state index contributed by atoms with van der Waals surface area (Å²) < 4.78 is 0. The average molecular weight is 216 g/mol. The van der Waals surface area contributed by atoms with Gasteiger partial charge in [-0.3, -0.25) is 4.79 Å². The van der Waals surface area contributed by atoms with Gasteiger partial charge < -0.3 is 11.1 Å². The van der Waals surface area contributed by atoms with Gasteiger partial charge >= 0.3 is 0 Å². The predicted molar refractivity (Wildman–Crippen MR) is 61.3 cm³/mol. The summed E-state index contributed by atoms with van der Waals surface area (Å²) in [5.41, 5.74) is 5.20. The van der Waals surface area contributed by atoms with Crippen molar-refractivity contribution in [2.75, 3.05) is 18.1 Å². The van der Waals surface area contributed by atoms with Crippen molar-refractivity contribution in [1.29, 1.82) is 0 Å². The Bertz CT molecular complexity index is 226. The van der Waals surface area contributed by atoms with Crippen LogP contribution in [0.2, 0.25) is 0 Å². The molecule has 0 radical (unpaired) electrons. The molecule has 0 bridgehead atoms. The summed E-state index contributed by atoms with van der Waals surface area (Å²) in [6, 6.07) is 0. The van der Waals surface area contributed by atoms with E-state index in [-0.39, 0.29) is 11.3 Å². The summed E-state index contributed by atoms with van der Waals surface area (Å²) in [5, 5.41) is 3.26. The van der Waals surface area contributed by atoms with Crippen LogP contribution in [0.4, 0.5) is 0 Å². The maximum Gasteiger partial charge on any atom is 0.238 e. The van der Waals surface area contributed by atoms with E-state index in [4.69, 9.17) is 5.73 Å². The molecule has 3 nitrogen and oxygen atoms in total. The summed E-state index contributed by atoms with van der Waals surface area (Å²) in [7, 11) is 0. The molecule has 1 fully saturated rings. The molecule has 4 heteroatoms. The van der Waals surface area contributed by atoms with Crippen LogP contribution in [0.5, 0.6) is 0 Å². The Balaban J connectivity index is 2.82. The molecule has 1 amide bonds. The number of thioether (sulfide) groups is 1. The molecule has 0 aromatic carbocycles. The summed E-state index contributed by atoms with van der Waals surface area (Å²) in [6.07, 6.45) is 0.843. The van der Waals surface area contributed by atoms with E-state index in [1.54, 1.807) is 0 Å². The third-order valence-corrected chi connectivity index (χ3v) is 4.29. The first-order valence-electron chi connectivity index (χ1n) is 5.05. The number of amides is 1. The van der Waals surface area contributed by atoms with E-state index in [0.717, 1.165) is 24.5 Å². The third-order valence-electron chi connectivity index (χ3n) is 2.61. The molecule has 3 N–H and O–H groups in total. The lowest BCUT2D eigenvalue weighted by molar-refractivity contribution is -0.124. The predicted octanol–water partition coefficient (Wildman–Crippen LogP) is 0.983. The SMILES string of the molecule is CCNC1(C(N)=O)CSCC(C)(C)C1. The van der Waals surface area contributed by atoms with Crippen LogP contribution in [0.15, 0.2) is 0 Å². The van der Waals surface area contributed by atoms with Crippen LogP contribution in [0, 0.1) is 5.41 Å². The Hall–Kier alpha value is -0.220. The van der Waals surface area contributed by atoms with Crippen molar-refractivity contribution in [2.45, 2.75) is 32.7 Å². The minimum atomic E-state index is -0.485. The zero-order chi connectivity index (χ0) is 10.8. The highest BCUT2D eigenvalue weighted by molar-refractivity contribution is 7.99. The van der Waals surface area contributed by atoms with E-state index in [1.807, 2.05) is 18.7 Å². The summed E-state index contributed by atoms with van der Waals surface area (Å²) >= 11 is 1.81. The van der Waals surface area contributed by atoms with Crippen LogP contribution < -0.4 is 11.1 Å². The molecule has 0 aliphatic carbocycles. The first-order chi connectivity index (χ1) is 6.42. The maximum atomic E-state index is 11.5. The highest BCUT2D eigenvalue weighted by Crippen LogP contribution is 2.38. The Labute approximate surface area is 90.2 Å². The molecule has 1 aliphatic heterocycles. The van der Waals surface area contributed by atoms with Gasteiger partial charge in [0.05, 0.1) is 0 Å². The molecule has 0 saturated carbocycles. The zero-order valence-electron chi connectivity index (χ0n) is 9.22. The average Bonchev–Trinajstić information content (AvgIpc) is 2.02. The van der Waals surface area contributed by atoms with E-state index < -0.39 is 5.54 Å². The number of nitrogens with two attached hydrogens (primary N) is 1. The number of carbonyl (C=O) groups excluding carboxylic acids is 1. The number of likely N-dealkylation sites (N-methyl/N-ethyl adjacent to an activating group) is 1. The van der Waals surface area contributed by atoms with Crippen molar-refractivity contribution in [3.63, 3.8) is 0 Å². The fourth-order valence-electron chi connectivity index (χ4n) is 2.12. The monoisotopic (exact) mass is 216 g/mol. The van der Waals surface area contributed by atoms with E-state index in [1.165, 1.54) is 0 Å². The molecule has 14 heavy (non-hydrogen) atoms. The van der Waals surface area contributed by atoms with Gasteiger partial charge in [0.2, 0.25) is 5.91 Å². The van der Waals surface area contributed by atoms with E-state index in [2.05, 4.69) is 19.2 Å². The molecule has 1 rings (SSSR count). The second-order valence-electron chi connectivity index (χ2n) is 4.81. The molecule has 0 aromatic rings. The van der Waals surface area contributed by atoms with Crippen molar-refractivity contribution < 1.29 is 4.79 Å². The van der Waals surface area contributed by atoms with Crippen molar-refractivity contribution >= 4 is 17.7 Å². The van der Waals surface area contributed by atoms with Gasteiger partial charge in [0.25, 0.3) is 0 Å². The van der Waals surface area contributed by atoms with Crippen LogP contribution in [-0.2, 0) is 4.79 Å². The number of rotatable bonds is 3. The van der Waals surface area contributed by atoms with Crippen LogP contribution in [0.3, 0.4) is 0 Å². The number of primary amides is 1. The largest absolute Gasteiger partial charge is 0.368 e. The minimum absolute atomic E-state index is 0.195. The second-order valence-corrected chi connectivity index (χ2v) is 5.80. The smallest absolute Gasteiger partial charge is 0.238 e. The van der Waals surface area contributed by atoms with Gasteiger partial charge in [0.1, 0.15) is 5.54 Å². The minimum Gasteiger partial charge on any atom is -0.368 e. The van der Waals surface area contributed by atoms with Crippen molar-refractivity contribution in [1.82, 2.24) is 5.32 Å². The van der Waals surface area contributed by atoms with Crippen molar-refractivity contribution in [3.05, 3.63) is 0 Å². The van der Waals surface area contributed by atoms with Gasteiger partial charge in [0.15, 0.2) is 0 Å². The Morgan fingerprint density at radius 3 is 2.57 bits per heavy atom. The number of hydrogen-bond donors (Lipinski definition) is 2. The lowest BCUT2D eigenvalue weighted by Gasteiger charge is -2.42. The standard InChI is InChI=1S/C10H20N2OS/c1-4-12-10(8(11)13)5-9(2,3)6-14-7-10/h12H,4-7H2,1-3H3,(H2,11,13). The topological polar surface area (TPSA) is 55.1 Å². The van der Waals surface area contributed by atoms with Crippen LogP contribution in [0.1, 0.15) is 27.2 Å². The Morgan fingerprint density at radius 2 is 2.14 bits per heavy atom. The van der Waals surface area contributed by atoms with Gasteiger partial charge in [-0.2, -0.15) is 11.8 Å². The van der Waals surface area contributed by atoms with E-state index >= 15 is 0 Å². The molecule has 1 heterocycles. The summed E-state index contributed by atoms with van der Waals surface area (Å²) in [6.45, 7) is 7.18. The molecular weight excluding hydrogens is 196 g/mol. The Kier molecular flexibility index (Phi) is 3.48. The summed E-state index contributed by atoms with van der Waals surface area (Å²) in [4.78, 5) is 11.5. The molecule has 1 aliphatic rings. The van der Waals surface area contributed by atoms with Gasteiger partial charge in [-0.15, -0.1) is 0 Å². The van der Waals surface area contributed by atoms with Crippen molar-refractivity contribution in [2.24, 2.45) is 11.1 Å². The summed E-state index contributed by atoms with van der Waals surface area (Å²) in [5.74, 6) is 1.70. The molecule has 82 valence electrons. The van der Waals surface area contributed by atoms with E-state index in [0.29, 0.717) is 0 Å². The van der Waals surface area contributed by atoms with Crippen molar-refractivity contribution in [3.8, 4) is 0 Å². The number of hydrogen-bond acceptors (Lipinski definition) is 3. The molecule has 0 aromatic heterocycles. The number of carbonyl (C=O) groups is 1. The Morgan fingerprint density at radius 1 is 1.50 bits per heavy atom. The second kappa shape index (κ2) is 4.11. The van der Waals surface area contributed by atoms with Gasteiger partial charge in [-0.1, -0.05) is 20.8 Å². The first kappa shape index (κ1) is 11.9. The maximum absolute atomic E-state index is 11.5. The molecular formula is C10H20N2OS. The van der Waals surface area contributed by atoms with Gasteiger partial charge in [0, 0.05) is 5.75 Å².